The molecule has 0 radical (unpaired) electrons. The second-order valence-corrected chi connectivity index (χ2v) is 3.65. The number of carbonyl (C=O) groups is 2. The van der Waals surface area contributed by atoms with Gasteiger partial charge in [0.25, 0.3) is 0 Å². The van der Waals surface area contributed by atoms with Crippen molar-refractivity contribution < 1.29 is 14.7 Å². The molecule has 1 atom stereocenters. The minimum absolute atomic E-state index is 0.246. The van der Waals surface area contributed by atoms with Crippen LogP contribution in [-0.4, -0.2) is 23.4 Å². The quantitative estimate of drug-likeness (QED) is 0.722. The van der Waals surface area contributed by atoms with Gasteiger partial charge >= 0.3 is 5.97 Å². The van der Waals surface area contributed by atoms with Gasteiger partial charge in [-0.05, 0) is 25.5 Å². The highest BCUT2D eigenvalue weighted by atomic mass is 16.4. The zero-order valence-corrected chi connectivity index (χ0v) is 9.14. The molecule has 1 aromatic rings. The van der Waals surface area contributed by atoms with E-state index in [4.69, 9.17) is 5.11 Å². The average molecular weight is 223 g/mol. The molecule has 0 saturated carbocycles. The molecule has 4 heteroatoms. The summed E-state index contributed by atoms with van der Waals surface area (Å²) in [5.41, 5.74) is 1.87. The lowest BCUT2D eigenvalue weighted by Gasteiger charge is -2.14. The molecule has 2 N–H and O–H groups in total. The second kappa shape index (κ2) is 5.90. The Balaban J connectivity index is 2.63. The molecular weight excluding hydrogens is 208 g/mol. The summed E-state index contributed by atoms with van der Waals surface area (Å²) >= 11 is 0. The number of hydrogen-bond acceptors (Lipinski definition) is 3. The zero-order chi connectivity index (χ0) is 12.0. The molecule has 0 spiro atoms. The first kappa shape index (κ1) is 12.2. The summed E-state index contributed by atoms with van der Waals surface area (Å²) in [5.74, 6) is -0.942. The smallest absolute Gasteiger partial charge is 0.326 e. The molecule has 0 saturated heterocycles. The first-order valence-electron chi connectivity index (χ1n) is 5.13. The summed E-state index contributed by atoms with van der Waals surface area (Å²) in [6, 6.07) is 6.74. The molecule has 1 rings (SSSR count). The van der Waals surface area contributed by atoms with Gasteiger partial charge in [0.2, 0.25) is 0 Å². The van der Waals surface area contributed by atoms with E-state index in [1.807, 2.05) is 31.2 Å². The van der Waals surface area contributed by atoms with E-state index < -0.39 is 12.0 Å². The van der Waals surface area contributed by atoms with Gasteiger partial charge in [0.05, 0.1) is 0 Å². The van der Waals surface area contributed by atoms with Crippen molar-refractivity contribution in [1.29, 1.82) is 0 Å². The van der Waals surface area contributed by atoms with Crippen molar-refractivity contribution in [3.8, 4) is 0 Å². The summed E-state index contributed by atoms with van der Waals surface area (Å²) in [5, 5.41) is 11.8. The van der Waals surface area contributed by atoms with Gasteiger partial charge in [-0.2, -0.15) is 0 Å². The summed E-state index contributed by atoms with van der Waals surface area (Å²) < 4.78 is 0. The fourth-order valence-corrected chi connectivity index (χ4v) is 1.34. The third kappa shape index (κ3) is 3.73. The summed E-state index contributed by atoms with van der Waals surface area (Å²) in [6.07, 6.45) is 1.27. The van der Waals surface area contributed by atoms with Crippen molar-refractivity contribution in [3.63, 3.8) is 0 Å². The van der Waals surface area contributed by atoms with Crippen molar-refractivity contribution in [2.45, 2.75) is 25.8 Å². The lowest BCUT2D eigenvalue weighted by Crippen LogP contribution is -2.29. The Morgan fingerprint density at radius 2 is 2.12 bits per heavy atom. The van der Waals surface area contributed by atoms with Crippen LogP contribution in [0.25, 0.3) is 0 Å². The first-order chi connectivity index (χ1) is 7.63. The van der Waals surface area contributed by atoms with E-state index in [0.29, 0.717) is 6.42 Å². The zero-order valence-electron chi connectivity index (χ0n) is 9.14. The number of aryl methyl sites for hydroxylation is 1. The summed E-state index contributed by atoms with van der Waals surface area (Å²) in [7, 11) is 0. The number of benzene rings is 1. The third-order valence-corrected chi connectivity index (χ3v) is 2.26. The topological polar surface area (TPSA) is 66.4 Å². The molecule has 0 aliphatic carbocycles. The normalized spacial score (nSPS) is 11.8. The summed E-state index contributed by atoms with van der Waals surface area (Å²) in [6.45, 7) is 1.96. The number of aliphatic carboxylic acids is 1. The van der Waals surface area contributed by atoms with Crippen LogP contribution in [0.2, 0.25) is 0 Å². The number of carbonyl (C=O) groups excluding carboxylic acids is 1. The highest BCUT2D eigenvalue weighted by Crippen LogP contribution is 2.12. The van der Waals surface area contributed by atoms with Gasteiger partial charge < -0.3 is 15.2 Å². The van der Waals surface area contributed by atoms with Crippen LogP contribution in [-0.2, 0) is 9.59 Å². The molecular formula is C12H15NO3. The number of nitrogens with one attached hydrogen (secondary N) is 1. The molecule has 0 amide bonds. The van der Waals surface area contributed by atoms with Crippen LogP contribution < -0.4 is 5.32 Å². The summed E-state index contributed by atoms with van der Waals surface area (Å²) in [4.78, 5) is 21.1. The molecule has 16 heavy (non-hydrogen) atoms. The molecule has 0 aromatic heterocycles. The maximum atomic E-state index is 10.9. The number of carboxylic acid groups (broad SMARTS) is 1. The molecule has 0 fully saturated rings. The molecule has 0 bridgehead atoms. The van der Waals surface area contributed by atoms with Crippen LogP contribution in [0.3, 0.4) is 0 Å². The molecule has 1 aromatic carbocycles. The van der Waals surface area contributed by atoms with Gasteiger partial charge in [-0.15, -0.1) is 0 Å². The molecule has 86 valence electrons. The van der Waals surface area contributed by atoms with Gasteiger partial charge in [0.15, 0.2) is 0 Å². The van der Waals surface area contributed by atoms with E-state index in [2.05, 4.69) is 5.32 Å². The molecule has 0 aliphatic heterocycles. The van der Waals surface area contributed by atoms with Gasteiger partial charge in [0, 0.05) is 12.1 Å². The van der Waals surface area contributed by atoms with Gasteiger partial charge in [0.1, 0.15) is 12.3 Å². The van der Waals surface area contributed by atoms with E-state index >= 15 is 0 Å². The lowest BCUT2D eigenvalue weighted by atomic mass is 10.2. The van der Waals surface area contributed by atoms with Crippen molar-refractivity contribution in [2.75, 3.05) is 5.32 Å². The molecule has 0 unspecified atom stereocenters. The standard InChI is InChI=1S/C12H15NO3/c1-9-4-6-10(7-5-9)13-11(12(15)16)3-2-8-14/h4-8,11,13H,2-3H2,1H3,(H,15,16)/t11-/m0/s1/i2+2. The van der Waals surface area contributed by atoms with E-state index in [9.17, 15) is 9.59 Å². The maximum absolute atomic E-state index is 10.9. The first-order valence-corrected chi connectivity index (χ1v) is 5.13. The number of carboxylic acids is 1. The van der Waals surface area contributed by atoms with E-state index in [0.717, 1.165) is 17.5 Å². The Hall–Kier alpha value is -1.84. The Morgan fingerprint density at radius 3 is 2.62 bits per heavy atom. The minimum Gasteiger partial charge on any atom is -0.480 e. The van der Waals surface area contributed by atoms with Gasteiger partial charge in [-0.25, -0.2) is 4.79 Å². The van der Waals surface area contributed by atoms with Crippen LogP contribution in [0.15, 0.2) is 24.3 Å². The SMILES string of the molecule is Cc1ccc(N[C@@H](C[14CH2]C=O)C(=O)O)cc1. The van der Waals surface area contributed by atoms with Gasteiger partial charge in [-0.3, -0.25) is 0 Å². The molecule has 0 aliphatic rings. The Bertz CT molecular complexity index is 359. The van der Waals surface area contributed by atoms with E-state index in [1.165, 1.54) is 0 Å². The van der Waals surface area contributed by atoms with Crippen LogP contribution in [0.4, 0.5) is 5.69 Å². The highest BCUT2D eigenvalue weighted by molar-refractivity contribution is 5.77. The van der Waals surface area contributed by atoms with E-state index in [-0.39, 0.29) is 6.42 Å². The van der Waals surface area contributed by atoms with Crippen molar-refractivity contribution in [1.82, 2.24) is 0 Å². The lowest BCUT2D eigenvalue weighted by molar-refractivity contribution is -0.138. The second-order valence-electron chi connectivity index (χ2n) is 3.65. The Morgan fingerprint density at radius 1 is 1.50 bits per heavy atom. The number of hydrogen-bond donors (Lipinski definition) is 2. The van der Waals surface area contributed by atoms with Crippen LogP contribution in [0, 0.1) is 6.92 Å². The fraction of sp³-hybridized carbons (Fsp3) is 0.333. The predicted octanol–water partition coefficient (Wildman–Crippen LogP) is 1.84. The van der Waals surface area contributed by atoms with Crippen LogP contribution in [0.1, 0.15) is 18.4 Å². The monoisotopic (exact) mass is 223 g/mol. The van der Waals surface area contributed by atoms with Crippen molar-refractivity contribution in [2.24, 2.45) is 0 Å². The highest BCUT2D eigenvalue weighted by Gasteiger charge is 2.16. The predicted molar refractivity (Wildman–Crippen MR) is 61.5 cm³/mol. The third-order valence-electron chi connectivity index (χ3n) is 2.26. The van der Waals surface area contributed by atoms with Crippen LogP contribution >= 0.6 is 0 Å². The fourth-order valence-electron chi connectivity index (χ4n) is 1.34. The molecule has 0 heterocycles. The average Bonchev–Trinajstić information content (AvgIpc) is 2.26. The Labute approximate surface area is 94.3 Å². The van der Waals surface area contributed by atoms with Gasteiger partial charge in [-0.1, -0.05) is 17.7 Å². The van der Waals surface area contributed by atoms with Crippen molar-refractivity contribution >= 4 is 17.9 Å². The Kier molecular flexibility index (Phi) is 4.51. The minimum atomic E-state index is -0.942. The van der Waals surface area contributed by atoms with Crippen LogP contribution in [0.5, 0.6) is 0 Å². The maximum Gasteiger partial charge on any atom is 0.326 e. The molecule has 4 nitrogen and oxygen atoms in total. The largest absolute Gasteiger partial charge is 0.480 e. The van der Waals surface area contributed by atoms with Crippen molar-refractivity contribution in [3.05, 3.63) is 29.8 Å². The number of aldehydes is 1. The number of rotatable bonds is 6. The number of anilines is 1. The van der Waals surface area contributed by atoms with E-state index in [1.54, 1.807) is 0 Å².